The predicted octanol–water partition coefficient (Wildman–Crippen LogP) is 4.85. The van der Waals surface area contributed by atoms with E-state index in [2.05, 4.69) is 20.0 Å². The second kappa shape index (κ2) is 9.96. The van der Waals surface area contributed by atoms with E-state index >= 15 is 0 Å². The van der Waals surface area contributed by atoms with Crippen molar-refractivity contribution in [2.24, 2.45) is 0 Å². The SMILES string of the molecule is COc1cc(Nc2nc3ccccc3nc2NS(=O)(=O)c2cccc(N3C=CC(C)O3)c2)cc(OC)c1. The molecular weight excluding hydrogens is 494 g/mol. The Morgan fingerprint density at radius 1 is 0.892 bits per heavy atom. The van der Waals surface area contributed by atoms with Crippen LogP contribution in [0.2, 0.25) is 0 Å². The van der Waals surface area contributed by atoms with E-state index in [0.717, 1.165) is 0 Å². The summed E-state index contributed by atoms with van der Waals surface area (Å²) < 4.78 is 40.2. The fraction of sp³-hybridized carbons (Fsp3) is 0.154. The van der Waals surface area contributed by atoms with Crippen LogP contribution < -0.4 is 24.6 Å². The van der Waals surface area contributed by atoms with Gasteiger partial charge >= 0.3 is 0 Å². The third kappa shape index (κ3) is 5.27. The zero-order chi connectivity index (χ0) is 26.0. The van der Waals surface area contributed by atoms with E-state index in [1.807, 2.05) is 25.1 Å². The topological polar surface area (TPSA) is 115 Å². The van der Waals surface area contributed by atoms with Gasteiger partial charge < -0.3 is 14.8 Å². The lowest BCUT2D eigenvalue weighted by atomic mass is 10.2. The number of sulfonamides is 1. The molecule has 0 amide bonds. The van der Waals surface area contributed by atoms with Crippen LogP contribution in [0.3, 0.4) is 0 Å². The summed E-state index contributed by atoms with van der Waals surface area (Å²) in [4.78, 5) is 14.9. The molecular formula is C26H25N5O5S. The number of fused-ring (bicyclic) bond motifs is 1. The van der Waals surface area contributed by atoms with Gasteiger partial charge in [-0.05, 0) is 43.3 Å². The molecule has 1 aliphatic rings. The molecule has 0 saturated carbocycles. The van der Waals surface area contributed by atoms with Gasteiger partial charge in [0, 0.05) is 30.1 Å². The van der Waals surface area contributed by atoms with Gasteiger partial charge in [0.05, 0.1) is 35.8 Å². The van der Waals surface area contributed by atoms with Crippen LogP contribution in [0, 0.1) is 0 Å². The number of hydroxylamine groups is 1. The molecule has 4 aromatic rings. The van der Waals surface area contributed by atoms with Crippen LogP contribution in [0.1, 0.15) is 6.92 Å². The second-order valence-corrected chi connectivity index (χ2v) is 9.90. The van der Waals surface area contributed by atoms with Crippen molar-refractivity contribution in [1.82, 2.24) is 9.97 Å². The van der Waals surface area contributed by atoms with Crippen molar-refractivity contribution < 1.29 is 22.7 Å². The number of hydrogen-bond acceptors (Lipinski definition) is 9. The van der Waals surface area contributed by atoms with E-state index in [0.29, 0.717) is 33.9 Å². The Balaban J connectivity index is 1.52. The number of para-hydroxylation sites is 2. The number of benzene rings is 3. The average molecular weight is 520 g/mol. The van der Waals surface area contributed by atoms with Crippen molar-refractivity contribution in [3.63, 3.8) is 0 Å². The van der Waals surface area contributed by atoms with Gasteiger partial charge in [0.1, 0.15) is 17.6 Å². The fourth-order valence-corrected chi connectivity index (χ4v) is 4.79. The van der Waals surface area contributed by atoms with Crippen LogP contribution in [0.5, 0.6) is 11.5 Å². The van der Waals surface area contributed by atoms with Crippen molar-refractivity contribution in [3.05, 3.63) is 79.0 Å². The second-order valence-electron chi connectivity index (χ2n) is 8.22. The molecule has 1 unspecified atom stereocenters. The first kappa shape index (κ1) is 24.3. The Labute approximate surface area is 214 Å². The van der Waals surface area contributed by atoms with Gasteiger partial charge in [0.15, 0.2) is 11.6 Å². The number of methoxy groups -OCH3 is 2. The average Bonchev–Trinajstić information content (AvgIpc) is 3.35. The molecule has 2 heterocycles. The molecule has 1 aromatic heterocycles. The highest BCUT2D eigenvalue weighted by Crippen LogP contribution is 2.32. The van der Waals surface area contributed by atoms with Crippen molar-refractivity contribution in [2.45, 2.75) is 17.9 Å². The third-order valence-corrected chi connectivity index (χ3v) is 6.91. The highest BCUT2D eigenvalue weighted by Gasteiger charge is 2.22. The number of ether oxygens (including phenoxy) is 2. The normalized spacial score (nSPS) is 15.1. The van der Waals surface area contributed by atoms with Crippen LogP contribution in [0.15, 0.2) is 83.9 Å². The molecule has 1 aliphatic heterocycles. The van der Waals surface area contributed by atoms with Crippen LogP contribution in [-0.4, -0.2) is 38.7 Å². The maximum absolute atomic E-state index is 13.5. The first-order valence-corrected chi connectivity index (χ1v) is 12.9. The monoisotopic (exact) mass is 519 g/mol. The molecule has 0 saturated heterocycles. The number of aromatic nitrogens is 2. The molecule has 1 atom stereocenters. The van der Waals surface area contributed by atoms with Crippen LogP contribution >= 0.6 is 0 Å². The molecule has 190 valence electrons. The Bertz CT molecular complexity index is 1570. The van der Waals surface area contributed by atoms with Crippen molar-refractivity contribution in [2.75, 3.05) is 29.3 Å². The number of rotatable bonds is 8. The minimum absolute atomic E-state index is 0.0387. The molecule has 10 nitrogen and oxygen atoms in total. The Kier molecular flexibility index (Phi) is 6.55. The van der Waals surface area contributed by atoms with Crippen molar-refractivity contribution in [3.8, 4) is 11.5 Å². The molecule has 0 bridgehead atoms. The minimum Gasteiger partial charge on any atom is -0.497 e. The van der Waals surface area contributed by atoms with E-state index in [4.69, 9.17) is 14.3 Å². The van der Waals surface area contributed by atoms with E-state index in [9.17, 15) is 8.42 Å². The van der Waals surface area contributed by atoms with Crippen LogP contribution in [0.25, 0.3) is 11.0 Å². The molecule has 5 rings (SSSR count). The van der Waals surface area contributed by atoms with Gasteiger partial charge in [0.2, 0.25) is 0 Å². The predicted molar refractivity (Wildman–Crippen MR) is 142 cm³/mol. The van der Waals surface area contributed by atoms with E-state index in [1.165, 1.54) is 17.2 Å². The number of nitrogens with one attached hydrogen (secondary N) is 2. The summed E-state index contributed by atoms with van der Waals surface area (Å²) in [5.74, 6) is 1.37. The molecule has 0 radical (unpaired) electrons. The quantitative estimate of drug-likeness (QED) is 0.337. The largest absolute Gasteiger partial charge is 0.497 e. The van der Waals surface area contributed by atoms with Gasteiger partial charge in [0.25, 0.3) is 10.0 Å². The lowest BCUT2D eigenvalue weighted by Crippen LogP contribution is -2.18. The van der Waals surface area contributed by atoms with E-state index in [-0.39, 0.29) is 22.6 Å². The molecule has 2 N–H and O–H groups in total. The fourth-order valence-electron chi connectivity index (χ4n) is 3.74. The minimum atomic E-state index is -4.04. The lowest BCUT2D eigenvalue weighted by molar-refractivity contribution is 0.115. The first-order chi connectivity index (χ1) is 17.8. The molecule has 0 fully saturated rings. The number of nitrogens with zero attached hydrogens (tertiary/aromatic N) is 3. The van der Waals surface area contributed by atoms with Gasteiger partial charge in [-0.3, -0.25) is 9.56 Å². The van der Waals surface area contributed by atoms with Gasteiger partial charge in [-0.15, -0.1) is 0 Å². The maximum Gasteiger partial charge on any atom is 0.263 e. The highest BCUT2D eigenvalue weighted by atomic mass is 32.2. The maximum atomic E-state index is 13.5. The third-order valence-electron chi connectivity index (χ3n) is 5.57. The molecule has 11 heteroatoms. The van der Waals surface area contributed by atoms with Gasteiger partial charge in [-0.25, -0.2) is 23.4 Å². The summed E-state index contributed by atoms with van der Waals surface area (Å²) >= 11 is 0. The van der Waals surface area contributed by atoms with Crippen LogP contribution in [-0.2, 0) is 14.9 Å². The molecule has 37 heavy (non-hydrogen) atoms. The molecule has 0 spiro atoms. The summed E-state index contributed by atoms with van der Waals surface area (Å²) in [6.45, 7) is 1.89. The van der Waals surface area contributed by atoms with Crippen molar-refractivity contribution in [1.29, 1.82) is 0 Å². The Hall–Kier alpha value is -4.35. The van der Waals surface area contributed by atoms with Gasteiger partial charge in [-0.1, -0.05) is 18.2 Å². The Morgan fingerprint density at radius 2 is 1.57 bits per heavy atom. The number of hydrogen-bond donors (Lipinski definition) is 2. The summed E-state index contributed by atoms with van der Waals surface area (Å²) in [7, 11) is -0.942. The standard InChI is InChI=1S/C26H25N5O5S/c1-17-11-12-31(36-17)19-7-6-8-22(15-19)37(32,33)30-26-25(28-23-9-4-5-10-24(23)29-26)27-18-13-20(34-2)16-21(14-18)35-3/h4-17H,1-3H3,(H,27,28)(H,29,30). The zero-order valence-corrected chi connectivity index (χ0v) is 21.2. The van der Waals surface area contributed by atoms with E-state index in [1.54, 1.807) is 62.9 Å². The lowest BCUT2D eigenvalue weighted by Gasteiger charge is -2.18. The zero-order valence-electron chi connectivity index (χ0n) is 20.4. The van der Waals surface area contributed by atoms with Crippen LogP contribution in [0.4, 0.5) is 23.0 Å². The Morgan fingerprint density at radius 3 is 2.19 bits per heavy atom. The van der Waals surface area contributed by atoms with E-state index < -0.39 is 10.0 Å². The highest BCUT2D eigenvalue weighted by molar-refractivity contribution is 7.92. The summed E-state index contributed by atoms with van der Waals surface area (Å²) in [6.07, 6.45) is 3.52. The molecule has 3 aromatic carbocycles. The molecule has 0 aliphatic carbocycles. The van der Waals surface area contributed by atoms with Crippen molar-refractivity contribution >= 4 is 44.1 Å². The summed E-state index contributed by atoms with van der Waals surface area (Å²) in [5.41, 5.74) is 2.29. The van der Waals surface area contributed by atoms with Gasteiger partial charge in [-0.2, -0.15) is 0 Å². The number of anilines is 4. The summed E-state index contributed by atoms with van der Waals surface area (Å²) in [6, 6.07) is 18.9. The summed E-state index contributed by atoms with van der Waals surface area (Å²) in [5, 5.41) is 4.68. The first-order valence-electron chi connectivity index (χ1n) is 11.4. The smallest absolute Gasteiger partial charge is 0.263 e.